The maximum absolute atomic E-state index is 12.5. The number of hydrogen-bond acceptors (Lipinski definition) is 4. The summed E-state index contributed by atoms with van der Waals surface area (Å²) in [5.41, 5.74) is 1.27. The van der Waals surface area contributed by atoms with E-state index in [0.717, 1.165) is 36.6 Å². The van der Waals surface area contributed by atoms with Gasteiger partial charge in [-0.2, -0.15) is 4.98 Å². The predicted molar refractivity (Wildman–Crippen MR) is 75.4 cm³/mol. The van der Waals surface area contributed by atoms with Crippen LogP contribution in [0.1, 0.15) is 37.3 Å². The van der Waals surface area contributed by atoms with Crippen LogP contribution >= 0.6 is 15.9 Å². The van der Waals surface area contributed by atoms with E-state index in [4.69, 9.17) is 0 Å². The minimum Gasteiger partial charge on any atom is -0.479 e. The molecule has 0 amide bonds. The molecule has 0 radical (unpaired) electrons. The molecule has 0 aliphatic heterocycles. The lowest BCUT2D eigenvalue weighted by Crippen LogP contribution is -2.26. The Hall–Kier alpha value is -1.43. The first kappa shape index (κ1) is 12.6. The van der Waals surface area contributed by atoms with E-state index in [0.29, 0.717) is 10.1 Å². The molecular formula is C13H14BrN3O2. The van der Waals surface area contributed by atoms with E-state index in [9.17, 15) is 9.90 Å². The van der Waals surface area contributed by atoms with Gasteiger partial charge in [0, 0.05) is 17.6 Å². The van der Waals surface area contributed by atoms with Crippen molar-refractivity contribution in [2.24, 2.45) is 0 Å². The molecule has 0 spiro atoms. The highest BCUT2D eigenvalue weighted by molar-refractivity contribution is 9.10. The highest BCUT2D eigenvalue weighted by atomic mass is 79.9. The topological polar surface area (TPSA) is 68.0 Å². The average Bonchev–Trinajstić information content (AvgIpc) is 2.90. The van der Waals surface area contributed by atoms with Crippen LogP contribution in [-0.2, 0) is 0 Å². The van der Waals surface area contributed by atoms with Gasteiger partial charge in [0.15, 0.2) is 5.65 Å². The number of hydrogen-bond donors (Lipinski definition) is 1. The Kier molecular flexibility index (Phi) is 3.05. The molecule has 0 atom stereocenters. The summed E-state index contributed by atoms with van der Waals surface area (Å²) >= 11 is 3.37. The van der Waals surface area contributed by atoms with Gasteiger partial charge in [0.05, 0.1) is 4.47 Å². The lowest BCUT2D eigenvalue weighted by atomic mass is 10.1. The number of fused-ring (bicyclic) bond motifs is 1. The third kappa shape index (κ3) is 1.94. The summed E-state index contributed by atoms with van der Waals surface area (Å²) in [5.74, 6) is 0. The highest BCUT2D eigenvalue weighted by Crippen LogP contribution is 2.32. The zero-order valence-electron chi connectivity index (χ0n) is 10.6. The van der Waals surface area contributed by atoms with Crippen molar-refractivity contribution in [3.8, 4) is 6.01 Å². The lowest BCUT2D eigenvalue weighted by molar-refractivity contribution is 0.429. The third-order valence-electron chi connectivity index (χ3n) is 3.81. The van der Waals surface area contributed by atoms with E-state index >= 15 is 0 Å². The van der Waals surface area contributed by atoms with Gasteiger partial charge in [-0.1, -0.05) is 12.8 Å². The Morgan fingerprint density at radius 2 is 2.11 bits per heavy atom. The van der Waals surface area contributed by atoms with Crippen molar-refractivity contribution in [2.75, 3.05) is 0 Å². The molecule has 5 nitrogen and oxygen atoms in total. The van der Waals surface area contributed by atoms with Gasteiger partial charge < -0.3 is 5.11 Å². The van der Waals surface area contributed by atoms with E-state index in [2.05, 4.69) is 25.9 Å². The van der Waals surface area contributed by atoms with Crippen LogP contribution in [0, 0.1) is 6.92 Å². The van der Waals surface area contributed by atoms with Crippen LogP contribution in [-0.4, -0.2) is 19.6 Å². The summed E-state index contributed by atoms with van der Waals surface area (Å²) < 4.78 is 2.27. The number of nitrogens with zero attached hydrogens (tertiary/aromatic N) is 3. The fourth-order valence-electron chi connectivity index (χ4n) is 2.79. The molecule has 0 bridgehead atoms. The highest BCUT2D eigenvalue weighted by Gasteiger charge is 2.23. The Morgan fingerprint density at radius 3 is 2.79 bits per heavy atom. The van der Waals surface area contributed by atoms with Crippen molar-refractivity contribution in [3.05, 3.63) is 26.6 Å². The second kappa shape index (κ2) is 4.59. The van der Waals surface area contributed by atoms with E-state index < -0.39 is 0 Å². The molecule has 1 aliphatic rings. The maximum Gasteiger partial charge on any atom is 0.315 e. The first-order valence-electron chi connectivity index (χ1n) is 6.36. The van der Waals surface area contributed by atoms with Crippen LogP contribution in [0.2, 0.25) is 0 Å². The molecule has 0 unspecified atom stereocenters. The zero-order valence-corrected chi connectivity index (χ0v) is 12.1. The van der Waals surface area contributed by atoms with Gasteiger partial charge in [-0.3, -0.25) is 9.36 Å². The molecule has 100 valence electrons. The molecule has 1 aliphatic carbocycles. The molecule has 0 saturated heterocycles. The van der Waals surface area contributed by atoms with E-state index in [1.54, 1.807) is 10.8 Å². The standard InChI is InChI=1S/C13H14BrN3O2/c1-7-9-6-15-13(19)16-11(9)17(12(18)10(7)14)8-4-2-3-5-8/h6,8H,2-5H2,1H3,(H,15,16,19). The second-order valence-electron chi connectivity index (χ2n) is 4.96. The molecule has 3 rings (SSSR count). The third-order valence-corrected chi connectivity index (χ3v) is 4.75. The van der Waals surface area contributed by atoms with Crippen LogP contribution in [0.25, 0.3) is 11.0 Å². The summed E-state index contributed by atoms with van der Waals surface area (Å²) in [6.45, 7) is 1.85. The van der Waals surface area contributed by atoms with Gasteiger partial charge in [-0.25, -0.2) is 4.98 Å². The number of aryl methyl sites for hydroxylation is 1. The van der Waals surface area contributed by atoms with Crippen molar-refractivity contribution in [3.63, 3.8) is 0 Å². The fraction of sp³-hybridized carbons (Fsp3) is 0.462. The Morgan fingerprint density at radius 1 is 1.42 bits per heavy atom. The Bertz CT molecular complexity index is 705. The van der Waals surface area contributed by atoms with Crippen LogP contribution in [0.4, 0.5) is 0 Å². The van der Waals surface area contributed by atoms with Crippen LogP contribution in [0.5, 0.6) is 6.01 Å². The van der Waals surface area contributed by atoms with Crippen molar-refractivity contribution >= 4 is 27.0 Å². The number of pyridine rings is 1. The number of aromatic nitrogens is 3. The van der Waals surface area contributed by atoms with E-state index in [-0.39, 0.29) is 17.6 Å². The molecule has 2 heterocycles. The molecule has 2 aromatic heterocycles. The van der Waals surface area contributed by atoms with Crippen molar-refractivity contribution in [1.29, 1.82) is 0 Å². The first-order chi connectivity index (χ1) is 9.09. The number of aromatic hydroxyl groups is 1. The van der Waals surface area contributed by atoms with Gasteiger partial charge in [-0.15, -0.1) is 0 Å². The van der Waals surface area contributed by atoms with Crippen molar-refractivity contribution in [2.45, 2.75) is 38.6 Å². The Balaban J connectivity index is 2.40. The van der Waals surface area contributed by atoms with Crippen LogP contribution < -0.4 is 5.56 Å². The van der Waals surface area contributed by atoms with Crippen LogP contribution in [0.15, 0.2) is 15.5 Å². The molecule has 1 N–H and O–H groups in total. The zero-order chi connectivity index (χ0) is 13.6. The molecule has 6 heteroatoms. The summed E-state index contributed by atoms with van der Waals surface area (Å²) in [5, 5.41) is 10.3. The monoisotopic (exact) mass is 323 g/mol. The van der Waals surface area contributed by atoms with E-state index in [1.807, 2.05) is 6.92 Å². The van der Waals surface area contributed by atoms with Gasteiger partial charge in [-0.05, 0) is 41.3 Å². The van der Waals surface area contributed by atoms with Gasteiger partial charge in [0.25, 0.3) is 5.56 Å². The SMILES string of the molecule is Cc1c(Br)c(=O)n(C2CCCC2)c2nc(O)ncc12. The van der Waals surface area contributed by atoms with Gasteiger partial charge >= 0.3 is 6.01 Å². The maximum atomic E-state index is 12.5. The van der Waals surface area contributed by atoms with Crippen molar-refractivity contribution < 1.29 is 5.11 Å². The summed E-state index contributed by atoms with van der Waals surface area (Å²) in [6, 6.07) is -0.124. The first-order valence-corrected chi connectivity index (χ1v) is 7.15. The summed E-state index contributed by atoms with van der Waals surface area (Å²) in [6.07, 6.45) is 5.79. The summed E-state index contributed by atoms with van der Waals surface area (Å²) in [4.78, 5) is 20.4. The average molecular weight is 324 g/mol. The molecular weight excluding hydrogens is 310 g/mol. The lowest BCUT2D eigenvalue weighted by Gasteiger charge is -2.17. The van der Waals surface area contributed by atoms with Crippen molar-refractivity contribution in [1.82, 2.24) is 14.5 Å². The van der Waals surface area contributed by atoms with Gasteiger partial charge in [0.2, 0.25) is 0 Å². The smallest absolute Gasteiger partial charge is 0.315 e. The van der Waals surface area contributed by atoms with E-state index in [1.165, 1.54) is 0 Å². The van der Waals surface area contributed by atoms with Gasteiger partial charge in [0.1, 0.15) is 0 Å². The quantitative estimate of drug-likeness (QED) is 0.876. The van der Waals surface area contributed by atoms with Crippen LogP contribution in [0.3, 0.4) is 0 Å². The molecule has 2 aromatic rings. The fourth-order valence-corrected chi connectivity index (χ4v) is 3.20. The second-order valence-corrected chi connectivity index (χ2v) is 5.75. The molecule has 1 saturated carbocycles. The molecule has 1 fully saturated rings. The minimum absolute atomic E-state index is 0.0741. The number of halogens is 1. The predicted octanol–water partition coefficient (Wildman–Crippen LogP) is 2.68. The normalized spacial score (nSPS) is 16.3. The summed E-state index contributed by atoms with van der Waals surface area (Å²) in [7, 11) is 0. The molecule has 0 aromatic carbocycles. The minimum atomic E-state index is -0.291. The number of rotatable bonds is 1. The largest absolute Gasteiger partial charge is 0.479 e. The molecule has 19 heavy (non-hydrogen) atoms. The Labute approximate surface area is 118 Å².